The molecule has 0 fully saturated rings. The van der Waals surface area contributed by atoms with Gasteiger partial charge in [-0.2, -0.15) is 4.72 Å². The molecule has 1 unspecified atom stereocenters. The summed E-state index contributed by atoms with van der Waals surface area (Å²) in [7, 11) is -4.10. The molecule has 0 saturated heterocycles. The van der Waals surface area contributed by atoms with Gasteiger partial charge in [-0.25, -0.2) is 8.42 Å². The zero-order valence-electron chi connectivity index (χ0n) is 11.1. The highest BCUT2D eigenvalue weighted by atomic mass is 79.9. The number of rotatable bonds is 6. The average Bonchev–Trinajstić information content (AvgIpc) is 2.34. The monoisotopic (exact) mass is 380 g/mol. The van der Waals surface area contributed by atoms with Gasteiger partial charge in [-0.15, -0.1) is 0 Å². The van der Waals surface area contributed by atoms with Crippen LogP contribution in [0.15, 0.2) is 27.6 Å². The van der Waals surface area contributed by atoms with Crippen molar-refractivity contribution in [2.24, 2.45) is 5.92 Å². The lowest BCUT2D eigenvalue weighted by atomic mass is 10.1. The molecule has 0 heterocycles. The molecule has 0 aliphatic heterocycles. The largest absolute Gasteiger partial charge is 0.480 e. The van der Waals surface area contributed by atoms with Crippen LogP contribution in [0.5, 0.6) is 0 Å². The van der Waals surface area contributed by atoms with E-state index in [4.69, 9.17) is 5.11 Å². The van der Waals surface area contributed by atoms with E-state index in [-0.39, 0.29) is 15.1 Å². The van der Waals surface area contributed by atoms with Crippen LogP contribution in [0.1, 0.15) is 13.8 Å². The van der Waals surface area contributed by atoms with Crippen LogP contribution in [-0.2, 0) is 14.8 Å². The van der Waals surface area contributed by atoms with Crippen molar-refractivity contribution >= 4 is 37.6 Å². The van der Waals surface area contributed by atoms with E-state index >= 15 is 0 Å². The zero-order valence-corrected chi connectivity index (χ0v) is 13.5. The predicted octanol–water partition coefficient (Wildman–Crippen LogP) is 1.74. The summed E-state index contributed by atoms with van der Waals surface area (Å²) < 4.78 is 26.3. The molecule has 1 atom stereocenters. The van der Waals surface area contributed by atoms with Gasteiger partial charge in [0.15, 0.2) is 0 Å². The standard InChI is InChI=1S/C11H13BrN2O6S/c1-6(2)10(11(15)16)13-21(19,20)7-3-4-9(14(17)18)8(12)5-7/h3-6,10,13H,1-2H3,(H,15,16). The van der Waals surface area contributed by atoms with Gasteiger partial charge in [0.1, 0.15) is 6.04 Å². The first kappa shape index (κ1) is 17.5. The Morgan fingerprint density at radius 2 is 2.00 bits per heavy atom. The molecule has 1 aromatic rings. The molecule has 0 aliphatic rings. The molecule has 0 spiro atoms. The smallest absolute Gasteiger partial charge is 0.322 e. The normalized spacial score (nSPS) is 13.1. The summed E-state index contributed by atoms with van der Waals surface area (Å²) in [6, 6.07) is 1.84. The lowest BCUT2D eigenvalue weighted by Crippen LogP contribution is -2.44. The molecule has 2 N–H and O–H groups in total. The van der Waals surface area contributed by atoms with E-state index in [2.05, 4.69) is 20.7 Å². The van der Waals surface area contributed by atoms with E-state index in [0.29, 0.717) is 0 Å². The molecule has 10 heteroatoms. The number of aliphatic carboxylic acids is 1. The van der Waals surface area contributed by atoms with Gasteiger partial charge in [-0.05, 0) is 34.0 Å². The maximum absolute atomic E-state index is 12.1. The minimum atomic E-state index is -4.10. The molecule has 0 aromatic heterocycles. The quantitative estimate of drug-likeness (QED) is 0.571. The number of carbonyl (C=O) groups is 1. The third-order valence-electron chi connectivity index (χ3n) is 2.64. The van der Waals surface area contributed by atoms with Crippen LogP contribution in [0, 0.1) is 16.0 Å². The first-order valence-electron chi connectivity index (χ1n) is 5.75. The Bertz CT molecular complexity index is 673. The van der Waals surface area contributed by atoms with Crippen molar-refractivity contribution in [2.75, 3.05) is 0 Å². The van der Waals surface area contributed by atoms with Crippen molar-refractivity contribution in [2.45, 2.75) is 24.8 Å². The third kappa shape index (κ3) is 4.22. The molecule has 0 bridgehead atoms. The highest BCUT2D eigenvalue weighted by Crippen LogP contribution is 2.27. The Hall–Kier alpha value is -1.52. The number of hydrogen-bond donors (Lipinski definition) is 2. The van der Waals surface area contributed by atoms with Crippen LogP contribution in [0.25, 0.3) is 0 Å². The van der Waals surface area contributed by atoms with Crippen LogP contribution in [-0.4, -0.2) is 30.5 Å². The third-order valence-corrected chi connectivity index (χ3v) is 4.71. The van der Waals surface area contributed by atoms with Crippen LogP contribution in [0.4, 0.5) is 5.69 Å². The van der Waals surface area contributed by atoms with Gasteiger partial charge in [0.25, 0.3) is 5.69 Å². The van der Waals surface area contributed by atoms with E-state index in [1.165, 1.54) is 0 Å². The second-order valence-corrected chi connectivity index (χ2v) is 7.12. The molecule has 116 valence electrons. The van der Waals surface area contributed by atoms with Crippen molar-refractivity contribution in [3.63, 3.8) is 0 Å². The van der Waals surface area contributed by atoms with Crippen LogP contribution >= 0.6 is 15.9 Å². The van der Waals surface area contributed by atoms with Crippen molar-refractivity contribution in [3.8, 4) is 0 Å². The van der Waals surface area contributed by atoms with E-state index in [1.54, 1.807) is 13.8 Å². The van der Waals surface area contributed by atoms with Gasteiger partial charge in [0.05, 0.1) is 14.3 Å². The molecule has 1 aromatic carbocycles. The number of benzene rings is 1. The van der Waals surface area contributed by atoms with E-state index in [1.807, 2.05) is 0 Å². The van der Waals surface area contributed by atoms with Crippen LogP contribution in [0.2, 0.25) is 0 Å². The highest BCUT2D eigenvalue weighted by Gasteiger charge is 2.28. The van der Waals surface area contributed by atoms with Crippen LogP contribution in [0.3, 0.4) is 0 Å². The van der Waals surface area contributed by atoms with Crippen LogP contribution < -0.4 is 4.72 Å². The number of nitrogens with one attached hydrogen (secondary N) is 1. The number of carboxylic acids is 1. The lowest BCUT2D eigenvalue weighted by Gasteiger charge is -2.18. The number of sulfonamides is 1. The van der Waals surface area contributed by atoms with Gasteiger partial charge < -0.3 is 5.11 Å². The van der Waals surface area contributed by atoms with E-state index in [0.717, 1.165) is 18.2 Å². The van der Waals surface area contributed by atoms with Gasteiger partial charge in [0.2, 0.25) is 10.0 Å². The van der Waals surface area contributed by atoms with Crippen molar-refractivity contribution in [3.05, 3.63) is 32.8 Å². The molecular formula is C11H13BrN2O6S. The number of halogens is 1. The molecule has 8 nitrogen and oxygen atoms in total. The molecule has 0 aliphatic carbocycles. The number of nitro groups is 1. The Kier molecular flexibility index (Phi) is 5.42. The van der Waals surface area contributed by atoms with Crippen molar-refractivity contribution in [1.82, 2.24) is 4.72 Å². The highest BCUT2D eigenvalue weighted by molar-refractivity contribution is 9.10. The fraction of sp³-hybridized carbons (Fsp3) is 0.364. The van der Waals surface area contributed by atoms with Gasteiger partial charge >= 0.3 is 5.97 Å². The Balaban J connectivity index is 3.17. The minimum Gasteiger partial charge on any atom is -0.480 e. The molecule has 0 amide bonds. The van der Waals surface area contributed by atoms with Gasteiger partial charge in [-0.1, -0.05) is 13.8 Å². The summed E-state index contributed by atoms with van der Waals surface area (Å²) in [5.74, 6) is -1.76. The number of nitrogens with zero attached hydrogens (tertiary/aromatic N) is 1. The molecule has 0 saturated carbocycles. The molecule has 21 heavy (non-hydrogen) atoms. The van der Waals surface area contributed by atoms with Crippen molar-refractivity contribution < 1.29 is 23.2 Å². The number of hydrogen-bond acceptors (Lipinski definition) is 5. The Morgan fingerprint density at radius 1 is 1.43 bits per heavy atom. The van der Waals surface area contributed by atoms with Gasteiger partial charge in [-0.3, -0.25) is 14.9 Å². The fourth-order valence-corrected chi connectivity index (χ4v) is 3.55. The second kappa shape index (κ2) is 6.50. The average molecular weight is 381 g/mol. The summed E-state index contributed by atoms with van der Waals surface area (Å²) in [6.07, 6.45) is 0. The number of nitro benzene ring substituents is 1. The topological polar surface area (TPSA) is 127 Å². The lowest BCUT2D eigenvalue weighted by molar-refractivity contribution is -0.385. The predicted molar refractivity (Wildman–Crippen MR) is 77.4 cm³/mol. The summed E-state index contributed by atoms with van der Waals surface area (Å²) in [4.78, 5) is 20.8. The summed E-state index contributed by atoms with van der Waals surface area (Å²) in [6.45, 7) is 3.13. The summed E-state index contributed by atoms with van der Waals surface area (Å²) in [5, 5.41) is 19.7. The first-order valence-corrected chi connectivity index (χ1v) is 8.03. The van der Waals surface area contributed by atoms with E-state index in [9.17, 15) is 23.3 Å². The minimum absolute atomic E-state index is 0.00760. The van der Waals surface area contributed by atoms with Crippen molar-refractivity contribution in [1.29, 1.82) is 0 Å². The second-order valence-electron chi connectivity index (χ2n) is 4.55. The fourth-order valence-electron chi connectivity index (χ4n) is 1.51. The Morgan fingerprint density at radius 3 is 2.38 bits per heavy atom. The maximum atomic E-state index is 12.1. The number of carboxylic acid groups (broad SMARTS) is 1. The maximum Gasteiger partial charge on any atom is 0.322 e. The Labute approximate surface area is 129 Å². The zero-order chi connectivity index (χ0) is 16.4. The molecule has 0 radical (unpaired) electrons. The summed E-state index contributed by atoms with van der Waals surface area (Å²) >= 11 is 2.91. The SMILES string of the molecule is CC(C)C(NS(=O)(=O)c1ccc([N+](=O)[O-])c(Br)c1)C(=O)O. The van der Waals surface area contributed by atoms with E-state index < -0.39 is 32.9 Å². The van der Waals surface area contributed by atoms with Gasteiger partial charge in [0, 0.05) is 6.07 Å². The molecular weight excluding hydrogens is 368 g/mol. The molecule has 1 rings (SSSR count). The first-order chi connectivity index (χ1) is 9.56. The summed E-state index contributed by atoms with van der Waals surface area (Å²) in [5.41, 5.74) is -0.285.